The van der Waals surface area contributed by atoms with Crippen LogP contribution in [0.25, 0.3) is 0 Å². The van der Waals surface area contributed by atoms with Crippen LogP contribution in [-0.2, 0) is 14.6 Å². The summed E-state index contributed by atoms with van der Waals surface area (Å²) in [4.78, 5) is 13.9. The molecule has 0 aromatic carbocycles. The molecule has 1 heterocycles. The van der Waals surface area contributed by atoms with Crippen molar-refractivity contribution in [1.82, 2.24) is 4.90 Å². The highest BCUT2D eigenvalue weighted by atomic mass is 32.2. The molecule has 0 unspecified atom stereocenters. The van der Waals surface area contributed by atoms with Crippen LogP contribution in [0.15, 0.2) is 0 Å². The lowest BCUT2D eigenvalue weighted by molar-refractivity contribution is -0.132. The minimum Gasteiger partial charge on any atom is -0.342 e. The fourth-order valence-corrected chi connectivity index (χ4v) is 4.13. The van der Waals surface area contributed by atoms with Gasteiger partial charge in [0.1, 0.15) is 0 Å². The van der Waals surface area contributed by atoms with E-state index in [1.54, 1.807) is 4.90 Å². The van der Waals surface area contributed by atoms with E-state index >= 15 is 0 Å². The first kappa shape index (κ1) is 13.8. The van der Waals surface area contributed by atoms with Crippen molar-refractivity contribution in [2.45, 2.75) is 44.1 Å². The second kappa shape index (κ2) is 5.17. The molecule has 6 heteroatoms. The zero-order chi connectivity index (χ0) is 13.2. The first-order valence-electron chi connectivity index (χ1n) is 6.67. The van der Waals surface area contributed by atoms with Crippen LogP contribution in [-0.4, -0.2) is 49.4 Å². The summed E-state index contributed by atoms with van der Waals surface area (Å²) in [5.74, 6) is 0.317. The maximum atomic E-state index is 12.2. The lowest BCUT2D eigenvalue weighted by Crippen LogP contribution is -2.44. The molecule has 0 bridgehead atoms. The molecule has 1 saturated heterocycles. The average molecular weight is 274 g/mol. The van der Waals surface area contributed by atoms with Crippen molar-refractivity contribution in [3.05, 3.63) is 0 Å². The summed E-state index contributed by atoms with van der Waals surface area (Å²) >= 11 is 0. The van der Waals surface area contributed by atoms with Gasteiger partial charge in [-0.2, -0.15) is 0 Å². The second-order valence-electron chi connectivity index (χ2n) is 5.63. The minimum absolute atomic E-state index is 0.0245. The van der Waals surface area contributed by atoms with Gasteiger partial charge in [0.25, 0.3) is 0 Å². The second-order valence-corrected chi connectivity index (χ2v) is 7.94. The third-order valence-electron chi connectivity index (χ3n) is 4.01. The first-order valence-corrected chi connectivity index (χ1v) is 8.50. The predicted octanol–water partition coefficient (Wildman–Crippen LogP) is 0.295. The summed E-state index contributed by atoms with van der Waals surface area (Å²) < 4.78 is 23.0. The Morgan fingerprint density at radius 3 is 2.44 bits per heavy atom. The smallest absolute Gasteiger partial charge is 0.224 e. The van der Waals surface area contributed by atoms with Gasteiger partial charge in [-0.25, -0.2) is 8.42 Å². The molecular weight excluding hydrogens is 252 g/mol. The van der Waals surface area contributed by atoms with Crippen LogP contribution in [0.2, 0.25) is 0 Å². The van der Waals surface area contributed by atoms with E-state index in [2.05, 4.69) is 0 Å². The number of amides is 1. The van der Waals surface area contributed by atoms with Gasteiger partial charge in [0.15, 0.2) is 9.84 Å². The molecule has 1 aliphatic heterocycles. The predicted molar refractivity (Wildman–Crippen MR) is 69.9 cm³/mol. The third-order valence-corrected chi connectivity index (χ3v) is 5.73. The van der Waals surface area contributed by atoms with Crippen molar-refractivity contribution in [2.75, 3.05) is 24.6 Å². The van der Waals surface area contributed by atoms with Gasteiger partial charge < -0.3 is 10.6 Å². The zero-order valence-corrected chi connectivity index (χ0v) is 11.5. The topological polar surface area (TPSA) is 80.5 Å². The molecular formula is C12H22N2O3S. The minimum atomic E-state index is -2.95. The van der Waals surface area contributed by atoms with Crippen LogP contribution < -0.4 is 5.73 Å². The van der Waals surface area contributed by atoms with E-state index in [1.807, 2.05) is 0 Å². The van der Waals surface area contributed by atoms with Crippen molar-refractivity contribution >= 4 is 15.7 Å². The Morgan fingerprint density at radius 1 is 1.11 bits per heavy atom. The summed E-state index contributed by atoms with van der Waals surface area (Å²) in [6.07, 6.45) is 4.92. The third kappa shape index (κ3) is 3.45. The number of carbonyl (C=O) groups excluding carboxylic acids is 1. The van der Waals surface area contributed by atoms with Gasteiger partial charge in [-0.1, -0.05) is 12.8 Å². The molecule has 104 valence electrons. The highest BCUT2D eigenvalue weighted by Crippen LogP contribution is 2.30. The number of rotatable bonds is 2. The standard InChI is InChI=1S/C12H22N2O3S/c13-12(4-1-2-5-12)10-11(15)14-6-3-8-18(16,17)9-7-14/h1-10,13H2. The molecule has 5 nitrogen and oxygen atoms in total. The maximum absolute atomic E-state index is 12.2. The normalized spacial score (nSPS) is 26.8. The van der Waals surface area contributed by atoms with Crippen molar-refractivity contribution in [1.29, 1.82) is 0 Å². The molecule has 1 amide bonds. The molecule has 2 aliphatic rings. The number of hydrogen-bond donors (Lipinski definition) is 1. The van der Waals surface area contributed by atoms with Gasteiger partial charge in [-0.15, -0.1) is 0 Å². The SMILES string of the molecule is NC1(CC(=O)N2CCCS(=O)(=O)CC2)CCCC1. The maximum Gasteiger partial charge on any atom is 0.224 e. The summed E-state index contributed by atoms with van der Waals surface area (Å²) in [5, 5.41) is 0. The Morgan fingerprint density at radius 2 is 1.78 bits per heavy atom. The van der Waals surface area contributed by atoms with E-state index < -0.39 is 9.84 Å². The van der Waals surface area contributed by atoms with E-state index in [4.69, 9.17) is 5.73 Å². The number of carbonyl (C=O) groups is 1. The van der Waals surface area contributed by atoms with Crippen LogP contribution in [0.3, 0.4) is 0 Å². The summed E-state index contributed by atoms with van der Waals surface area (Å²) in [5.41, 5.74) is 5.85. The molecule has 0 radical (unpaired) electrons. The van der Waals surface area contributed by atoms with Crippen molar-refractivity contribution < 1.29 is 13.2 Å². The van der Waals surface area contributed by atoms with Gasteiger partial charge >= 0.3 is 0 Å². The van der Waals surface area contributed by atoms with Crippen LogP contribution in [0.5, 0.6) is 0 Å². The Labute approximate surface area is 109 Å². The monoisotopic (exact) mass is 274 g/mol. The van der Waals surface area contributed by atoms with Crippen LogP contribution in [0.4, 0.5) is 0 Å². The largest absolute Gasteiger partial charge is 0.342 e. The average Bonchev–Trinajstić information content (AvgIpc) is 2.60. The van der Waals surface area contributed by atoms with Gasteiger partial charge in [0.2, 0.25) is 5.91 Å². The zero-order valence-electron chi connectivity index (χ0n) is 10.7. The van der Waals surface area contributed by atoms with Crippen molar-refractivity contribution in [3.63, 3.8) is 0 Å². The van der Waals surface area contributed by atoms with Gasteiger partial charge in [0.05, 0.1) is 11.5 Å². The van der Waals surface area contributed by atoms with E-state index in [9.17, 15) is 13.2 Å². The van der Waals surface area contributed by atoms with E-state index in [0.29, 0.717) is 25.9 Å². The fourth-order valence-electron chi connectivity index (χ4n) is 2.86. The summed E-state index contributed by atoms with van der Waals surface area (Å²) in [6, 6.07) is 0. The Hall–Kier alpha value is -0.620. The van der Waals surface area contributed by atoms with Gasteiger partial charge in [-0.3, -0.25) is 4.79 Å². The molecule has 2 N–H and O–H groups in total. The summed E-state index contributed by atoms with van der Waals surface area (Å²) in [7, 11) is -2.95. The lowest BCUT2D eigenvalue weighted by Gasteiger charge is -2.27. The quantitative estimate of drug-likeness (QED) is 0.785. The molecule has 18 heavy (non-hydrogen) atoms. The van der Waals surface area contributed by atoms with Crippen LogP contribution >= 0.6 is 0 Å². The van der Waals surface area contributed by atoms with E-state index in [-0.39, 0.29) is 23.0 Å². The van der Waals surface area contributed by atoms with Gasteiger partial charge in [-0.05, 0) is 19.3 Å². The van der Waals surface area contributed by atoms with Crippen LogP contribution in [0.1, 0.15) is 38.5 Å². The Bertz CT molecular complexity index is 413. The highest BCUT2D eigenvalue weighted by molar-refractivity contribution is 7.91. The molecule has 2 rings (SSSR count). The Kier molecular flexibility index (Phi) is 3.96. The molecule has 2 fully saturated rings. The fraction of sp³-hybridized carbons (Fsp3) is 0.917. The molecule has 0 aromatic heterocycles. The van der Waals surface area contributed by atoms with Crippen LogP contribution in [0, 0.1) is 0 Å². The first-order chi connectivity index (χ1) is 8.40. The lowest BCUT2D eigenvalue weighted by atomic mass is 9.94. The molecule has 0 aromatic rings. The number of nitrogens with zero attached hydrogens (tertiary/aromatic N) is 1. The number of sulfone groups is 1. The molecule has 0 spiro atoms. The van der Waals surface area contributed by atoms with Gasteiger partial charge in [0, 0.05) is 25.0 Å². The molecule has 0 atom stereocenters. The highest BCUT2D eigenvalue weighted by Gasteiger charge is 2.34. The molecule has 1 aliphatic carbocycles. The van der Waals surface area contributed by atoms with Crippen molar-refractivity contribution in [3.8, 4) is 0 Å². The molecule has 1 saturated carbocycles. The summed E-state index contributed by atoms with van der Waals surface area (Å²) in [6.45, 7) is 0.880. The number of hydrogen-bond acceptors (Lipinski definition) is 4. The number of nitrogens with two attached hydrogens (primary N) is 1. The van der Waals surface area contributed by atoms with E-state index in [0.717, 1.165) is 25.7 Å². The van der Waals surface area contributed by atoms with Crippen molar-refractivity contribution in [2.24, 2.45) is 5.73 Å². The Balaban J connectivity index is 1.93. The van der Waals surface area contributed by atoms with E-state index in [1.165, 1.54) is 0 Å².